The van der Waals surface area contributed by atoms with Crippen molar-refractivity contribution in [3.05, 3.63) is 11.6 Å². The van der Waals surface area contributed by atoms with Crippen molar-refractivity contribution in [3.8, 4) is 0 Å². The summed E-state index contributed by atoms with van der Waals surface area (Å²) in [6.45, 7) is 16.3. The summed E-state index contributed by atoms with van der Waals surface area (Å²) in [5.41, 5.74) is -0.0545. The van der Waals surface area contributed by atoms with Gasteiger partial charge in [0, 0.05) is 10.8 Å². The van der Waals surface area contributed by atoms with Gasteiger partial charge < -0.3 is 84.6 Å². The Balaban J connectivity index is 1.08. The summed E-state index contributed by atoms with van der Waals surface area (Å²) in [5, 5.41) is 120. The SMILES string of the molecule is CC1O[C@@H](OC2[C@H](OC3[C@H](OC4CC[C@@]5(C)C(CC[C@]6(C)C5CC=C5[C@@H]7CC(C)(C)C[C@H](O)[C@]7(C)CC[C@]56C)[C@@]4(C)CO)OC(C(=O)O)[C@@H](O)[C@H]3O)OC(CO)[C@H](O)[C@H]2O)C(O)[C@@H](O)[C@H]1O. The van der Waals surface area contributed by atoms with Crippen molar-refractivity contribution in [3.63, 3.8) is 0 Å². The highest BCUT2D eigenvalue weighted by atomic mass is 16.8. The van der Waals surface area contributed by atoms with Gasteiger partial charge in [0.05, 0.1) is 31.5 Å². The van der Waals surface area contributed by atoms with Crippen molar-refractivity contribution in [2.75, 3.05) is 13.2 Å². The summed E-state index contributed by atoms with van der Waals surface area (Å²) < 4.78 is 36.2. The molecule has 0 aromatic rings. The number of rotatable bonds is 9. The molecule has 4 saturated carbocycles. The Hall–Kier alpha value is -1.43. The molecule has 5 aliphatic carbocycles. The number of fused-ring (bicyclic) bond motifs is 7. The monoisotopic (exact) mass is 943 g/mol. The van der Waals surface area contributed by atoms with Crippen molar-refractivity contribution >= 4 is 5.97 Å². The average Bonchev–Trinajstić information content (AvgIpc) is 3.25. The van der Waals surface area contributed by atoms with Gasteiger partial charge in [0.1, 0.15) is 61.0 Å². The predicted molar refractivity (Wildman–Crippen MR) is 231 cm³/mol. The quantitative estimate of drug-likeness (QED) is 0.112. The van der Waals surface area contributed by atoms with Crippen LogP contribution in [0.2, 0.25) is 0 Å². The maximum atomic E-state index is 12.5. The second-order valence-corrected chi connectivity index (χ2v) is 23.6. The fourth-order valence-corrected chi connectivity index (χ4v) is 15.1. The molecule has 18 heteroatoms. The fraction of sp³-hybridized carbons (Fsp3) is 0.938. The molecular formula is C48H78O18. The number of aliphatic carboxylic acids is 1. The van der Waals surface area contributed by atoms with Crippen LogP contribution in [0.5, 0.6) is 0 Å². The zero-order chi connectivity index (χ0) is 48.4. The summed E-state index contributed by atoms with van der Waals surface area (Å²) in [7, 11) is 0. The summed E-state index contributed by atoms with van der Waals surface area (Å²) in [4.78, 5) is 12.5. The number of allylic oxidation sites excluding steroid dienone is 2. The molecule has 0 amide bonds. The molecule has 0 radical (unpaired) electrons. The van der Waals surface area contributed by atoms with Crippen LogP contribution in [0, 0.1) is 50.2 Å². The normalized spacial score (nSPS) is 55.9. The molecule has 66 heavy (non-hydrogen) atoms. The van der Waals surface area contributed by atoms with E-state index >= 15 is 0 Å². The fourth-order valence-electron chi connectivity index (χ4n) is 15.1. The molecule has 8 rings (SSSR count). The standard InChI is InChI=1S/C48H78O18/c1-21-29(52)31(54)35(58)40(61-21)65-37-32(55)30(53)24(19-49)62-41(37)66-38-34(57)33(56)36(39(59)60)64-42(38)63-28-12-13-45(5)25(46(28,6)20-50)11-14-48(8)26(45)10-9-22-23-17-43(2,3)18-27(51)44(23,4)15-16-47(22,48)7/h9,21,23-38,40-42,49-58H,10-20H2,1-8H3,(H,59,60)/t21?,23-,24?,25?,26?,27-,28?,29-,30-,31-,32+,33-,34+,35?,36?,37?,38?,40-,41-,42+,44+,45-,46+,47+,48+/m0/s1. The van der Waals surface area contributed by atoms with Crippen molar-refractivity contribution < 1.29 is 89.4 Å². The van der Waals surface area contributed by atoms with E-state index < -0.39 is 116 Å². The molecule has 7 fully saturated rings. The number of ether oxygens (including phenoxy) is 6. The van der Waals surface area contributed by atoms with Crippen molar-refractivity contribution in [1.82, 2.24) is 0 Å². The Kier molecular flexibility index (Phi) is 13.7. The van der Waals surface area contributed by atoms with E-state index in [1.54, 1.807) is 0 Å². The van der Waals surface area contributed by atoms with Crippen LogP contribution < -0.4 is 0 Å². The summed E-state index contributed by atoms with van der Waals surface area (Å²) in [6, 6.07) is 0. The first-order chi connectivity index (χ1) is 30.7. The molecular weight excluding hydrogens is 865 g/mol. The molecule has 11 N–H and O–H groups in total. The van der Waals surface area contributed by atoms with Gasteiger partial charge >= 0.3 is 5.97 Å². The molecule has 0 bridgehead atoms. The number of carboxylic acids is 1. The summed E-state index contributed by atoms with van der Waals surface area (Å²) in [6.07, 6.45) is -17.6. The Morgan fingerprint density at radius 3 is 1.94 bits per heavy atom. The van der Waals surface area contributed by atoms with E-state index in [4.69, 9.17) is 28.4 Å². The van der Waals surface area contributed by atoms with E-state index in [2.05, 4.69) is 47.6 Å². The lowest BCUT2D eigenvalue weighted by molar-refractivity contribution is -0.396. The van der Waals surface area contributed by atoms with Gasteiger partial charge in [-0.1, -0.05) is 60.1 Å². The highest BCUT2D eigenvalue weighted by Crippen LogP contribution is 2.76. The molecule has 25 atom stereocenters. The molecule has 8 aliphatic rings. The van der Waals surface area contributed by atoms with Gasteiger partial charge in [-0.05, 0) is 104 Å². The molecule has 9 unspecified atom stereocenters. The zero-order valence-corrected chi connectivity index (χ0v) is 39.7. The minimum absolute atomic E-state index is 0.0166. The van der Waals surface area contributed by atoms with Crippen molar-refractivity contribution in [1.29, 1.82) is 0 Å². The van der Waals surface area contributed by atoms with E-state index in [9.17, 15) is 61.0 Å². The Labute approximate surface area is 387 Å². The zero-order valence-electron chi connectivity index (χ0n) is 39.7. The molecule has 378 valence electrons. The van der Waals surface area contributed by atoms with Crippen LogP contribution in [0.4, 0.5) is 0 Å². The summed E-state index contributed by atoms with van der Waals surface area (Å²) >= 11 is 0. The molecule has 18 nitrogen and oxygen atoms in total. The van der Waals surface area contributed by atoms with Gasteiger partial charge in [-0.2, -0.15) is 0 Å². The number of hydrogen-bond acceptors (Lipinski definition) is 17. The van der Waals surface area contributed by atoms with Crippen LogP contribution in [-0.4, -0.2) is 180 Å². The minimum Gasteiger partial charge on any atom is -0.479 e. The summed E-state index contributed by atoms with van der Waals surface area (Å²) in [5.74, 6) is -1.16. The van der Waals surface area contributed by atoms with E-state index in [0.717, 1.165) is 44.9 Å². The minimum atomic E-state index is -2.07. The number of carbonyl (C=O) groups is 1. The highest BCUT2D eigenvalue weighted by molar-refractivity contribution is 5.73. The van der Waals surface area contributed by atoms with Crippen LogP contribution in [0.15, 0.2) is 11.6 Å². The molecule has 0 spiro atoms. The van der Waals surface area contributed by atoms with Crippen molar-refractivity contribution in [2.24, 2.45) is 50.2 Å². The number of carboxylic acid groups (broad SMARTS) is 1. The molecule has 0 aromatic heterocycles. The number of hydrogen-bond donors (Lipinski definition) is 11. The lowest BCUT2D eigenvalue weighted by Gasteiger charge is -2.72. The first kappa shape index (κ1) is 50.9. The number of aliphatic hydroxyl groups is 10. The maximum Gasteiger partial charge on any atom is 0.335 e. The van der Waals surface area contributed by atoms with Gasteiger partial charge in [-0.25, -0.2) is 4.79 Å². The van der Waals surface area contributed by atoms with Crippen LogP contribution >= 0.6 is 0 Å². The molecule has 3 heterocycles. The van der Waals surface area contributed by atoms with Crippen molar-refractivity contribution in [2.45, 2.75) is 218 Å². The third-order valence-corrected chi connectivity index (χ3v) is 19.5. The van der Waals surface area contributed by atoms with Crippen LogP contribution in [0.3, 0.4) is 0 Å². The van der Waals surface area contributed by atoms with E-state index in [1.165, 1.54) is 12.5 Å². The smallest absolute Gasteiger partial charge is 0.335 e. The number of aliphatic hydroxyl groups excluding tert-OH is 10. The van der Waals surface area contributed by atoms with Gasteiger partial charge in [-0.15, -0.1) is 0 Å². The largest absolute Gasteiger partial charge is 0.479 e. The lowest BCUT2D eigenvalue weighted by atomic mass is 9.33. The first-order valence-corrected chi connectivity index (χ1v) is 24.3. The average molecular weight is 943 g/mol. The predicted octanol–water partition coefficient (Wildman–Crippen LogP) is 0.705. The first-order valence-electron chi connectivity index (χ1n) is 24.3. The third-order valence-electron chi connectivity index (χ3n) is 19.5. The Morgan fingerprint density at radius 1 is 0.667 bits per heavy atom. The van der Waals surface area contributed by atoms with E-state index in [-0.39, 0.29) is 57.5 Å². The highest BCUT2D eigenvalue weighted by Gasteiger charge is 2.70. The van der Waals surface area contributed by atoms with Crippen LogP contribution in [-0.2, 0) is 33.2 Å². The van der Waals surface area contributed by atoms with E-state index in [1.807, 2.05) is 6.92 Å². The van der Waals surface area contributed by atoms with Gasteiger partial charge in [0.2, 0.25) is 0 Å². The van der Waals surface area contributed by atoms with Gasteiger partial charge in [0.15, 0.2) is 25.0 Å². The molecule has 3 saturated heterocycles. The maximum absolute atomic E-state index is 12.5. The Bertz CT molecular complexity index is 1820. The van der Waals surface area contributed by atoms with Crippen LogP contribution in [0.1, 0.15) is 113 Å². The topological polar surface area (TPSA) is 295 Å². The van der Waals surface area contributed by atoms with Gasteiger partial charge in [0.25, 0.3) is 0 Å². The molecule has 0 aromatic carbocycles. The Morgan fingerprint density at radius 2 is 1.30 bits per heavy atom. The third kappa shape index (κ3) is 7.78. The van der Waals surface area contributed by atoms with Crippen LogP contribution in [0.25, 0.3) is 0 Å². The molecule has 3 aliphatic heterocycles. The van der Waals surface area contributed by atoms with Gasteiger partial charge in [-0.3, -0.25) is 0 Å². The second kappa shape index (κ2) is 17.7. The lowest BCUT2D eigenvalue weighted by Crippen LogP contribution is -2.68. The van der Waals surface area contributed by atoms with E-state index in [0.29, 0.717) is 12.8 Å². The second-order valence-electron chi connectivity index (χ2n) is 23.6.